The molecule has 2 rings (SSSR count). The van der Waals surface area contributed by atoms with Crippen molar-refractivity contribution in [2.45, 2.75) is 168 Å². The largest absolute Gasteiger partial charge is 0.375 e. The molecule has 0 bridgehead atoms. The molecule has 30 heavy (non-hydrogen) atoms. The van der Waals surface area contributed by atoms with Gasteiger partial charge in [0.2, 0.25) is 0 Å². The number of hydrogen-bond acceptors (Lipinski definition) is 2. The molecule has 178 valence electrons. The molecule has 5 unspecified atom stereocenters. The van der Waals surface area contributed by atoms with Gasteiger partial charge < -0.3 is 9.47 Å². The second kappa shape index (κ2) is 15.7. The molecule has 2 heterocycles. The lowest BCUT2D eigenvalue weighted by molar-refractivity contribution is -0.0831. The number of rotatable bonds is 17. The lowest BCUT2D eigenvalue weighted by Gasteiger charge is -2.35. The van der Waals surface area contributed by atoms with Gasteiger partial charge in [-0.2, -0.15) is 0 Å². The quantitative estimate of drug-likeness (QED) is 0.218. The van der Waals surface area contributed by atoms with Crippen LogP contribution in [0.5, 0.6) is 0 Å². The van der Waals surface area contributed by atoms with Gasteiger partial charge in [-0.25, -0.2) is 0 Å². The Bertz CT molecular complexity index is 379. The van der Waals surface area contributed by atoms with Crippen LogP contribution < -0.4 is 0 Å². The molecule has 0 amide bonds. The zero-order valence-corrected chi connectivity index (χ0v) is 21.0. The van der Waals surface area contributed by atoms with Crippen LogP contribution in [0.25, 0.3) is 0 Å². The molecule has 0 aliphatic carbocycles. The van der Waals surface area contributed by atoms with Crippen molar-refractivity contribution < 1.29 is 9.47 Å². The van der Waals surface area contributed by atoms with E-state index in [0.717, 1.165) is 5.92 Å². The second-order valence-corrected chi connectivity index (χ2v) is 10.3. The summed E-state index contributed by atoms with van der Waals surface area (Å²) in [5.41, 5.74) is 0. The van der Waals surface area contributed by atoms with E-state index in [9.17, 15) is 0 Å². The Morgan fingerprint density at radius 2 is 1.10 bits per heavy atom. The number of hydrogen-bond donors (Lipinski definition) is 0. The Balaban J connectivity index is 1.91. The third-order valence-electron chi connectivity index (χ3n) is 7.90. The van der Waals surface area contributed by atoms with Crippen LogP contribution in [0.15, 0.2) is 0 Å². The van der Waals surface area contributed by atoms with E-state index in [1.54, 1.807) is 0 Å². The molecule has 2 aliphatic rings. The highest BCUT2D eigenvalue weighted by Gasteiger charge is 2.42. The van der Waals surface area contributed by atoms with Gasteiger partial charge in [-0.05, 0) is 44.4 Å². The van der Waals surface area contributed by atoms with Crippen LogP contribution in [0, 0.1) is 11.8 Å². The molecule has 2 nitrogen and oxygen atoms in total. The third kappa shape index (κ3) is 8.81. The lowest BCUT2D eigenvalue weighted by atomic mass is 9.77. The molecule has 2 aliphatic heterocycles. The summed E-state index contributed by atoms with van der Waals surface area (Å²) in [7, 11) is 0. The van der Waals surface area contributed by atoms with Crippen molar-refractivity contribution in [3.63, 3.8) is 0 Å². The zero-order valence-electron chi connectivity index (χ0n) is 21.0. The molecule has 0 aromatic carbocycles. The maximum absolute atomic E-state index is 6.75. The van der Waals surface area contributed by atoms with Crippen molar-refractivity contribution >= 4 is 0 Å². The van der Waals surface area contributed by atoms with Crippen LogP contribution >= 0.6 is 0 Å². The Hall–Kier alpha value is -0.0800. The SMILES string of the molecule is CCCCCCC1CCC(C(C(CC)CCCC)C2CCC(CCCCCC)O2)O1. The minimum absolute atomic E-state index is 0.451. The number of ether oxygens (including phenoxy) is 2. The standard InChI is InChI=1S/C28H54O2/c1-5-9-12-14-17-24-19-21-26(29-24)28(23(8-4)16-11-7-3)27-22-20-25(30-27)18-15-13-10-6-2/h23-28H,5-22H2,1-4H3. The van der Waals surface area contributed by atoms with Gasteiger partial charge in [0, 0.05) is 5.92 Å². The van der Waals surface area contributed by atoms with Gasteiger partial charge in [0.15, 0.2) is 0 Å². The minimum atomic E-state index is 0.451. The summed E-state index contributed by atoms with van der Waals surface area (Å²) in [6, 6.07) is 0. The van der Waals surface area contributed by atoms with Crippen LogP contribution in [0.2, 0.25) is 0 Å². The summed E-state index contributed by atoms with van der Waals surface area (Å²) in [5.74, 6) is 1.40. The van der Waals surface area contributed by atoms with E-state index in [2.05, 4.69) is 27.7 Å². The normalized spacial score (nSPS) is 28.8. The van der Waals surface area contributed by atoms with E-state index in [1.165, 1.54) is 116 Å². The fraction of sp³-hybridized carbons (Fsp3) is 1.00. The first kappa shape index (κ1) is 26.2. The molecule has 0 aromatic heterocycles. The fourth-order valence-corrected chi connectivity index (χ4v) is 6.04. The van der Waals surface area contributed by atoms with Gasteiger partial charge in [-0.15, -0.1) is 0 Å². The van der Waals surface area contributed by atoms with Gasteiger partial charge in [-0.3, -0.25) is 0 Å². The highest BCUT2D eigenvalue weighted by Crippen LogP contribution is 2.42. The molecular weight excluding hydrogens is 368 g/mol. The smallest absolute Gasteiger partial charge is 0.0635 e. The van der Waals surface area contributed by atoms with Gasteiger partial charge >= 0.3 is 0 Å². The van der Waals surface area contributed by atoms with Gasteiger partial charge in [-0.1, -0.05) is 105 Å². The fourth-order valence-electron chi connectivity index (χ4n) is 6.04. The average molecular weight is 423 g/mol. The van der Waals surface area contributed by atoms with Crippen molar-refractivity contribution in [2.24, 2.45) is 11.8 Å². The predicted octanol–water partition coefficient (Wildman–Crippen LogP) is 8.86. The van der Waals surface area contributed by atoms with Gasteiger partial charge in [0.1, 0.15) is 0 Å². The molecule has 0 aromatic rings. The zero-order chi connectivity index (χ0) is 21.6. The number of unbranched alkanes of at least 4 members (excludes halogenated alkanes) is 7. The van der Waals surface area contributed by atoms with Crippen molar-refractivity contribution in [2.75, 3.05) is 0 Å². The summed E-state index contributed by atoms with van der Waals surface area (Å²) in [4.78, 5) is 0. The van der Waals surface area contributed by atoms with Crippen LogP contribution in [-0.2, 0) is 9.47 Å². The summed E-state index contributed by atoms with van der Waals surface area (Å²) >= 11 is 0. The third-order valence-corrected chi connectivity index (χ3v) is 7.90. The highest BCUT2D eigenvalue weighted by atomic mass is 16.5. The van der Waals surface area contributed by atoms with Crippen molar-refractivity contribution in [1.29, 1.82) is 0 Å². The topological polar surface area (TPSA) is 18.5 Å². The molecule has 0 N–H and O–H groups in total. The molecular formula is C28H54O2. The van der Waals surface area contributed by atoms with Crippen molar-refractivity contribution in [3.05, 3.63) is 0 Å². The Morgan fingerprint density at radius 3 is 1.53 bits per heavy atom. The summed E-state index contributed by atoms with van der Waals surface area (Å²) in [6.07, 6.45) is 25.8. The lowest BCUT2D eigenvalue weighted by Crippen LogP contribution is -2.38. The predicted molar refractivity (Wildman–Crippen MR) is 130 cm³/mol. The molecule has 2 fully saturated rings. The van der Waals surface area contributed by atoms with Crippen LogP contribution in [0.4, 0.5) is 0 Å². The van der Waals surface area contributed by atoms with Crippen LogP contribution in [0.1, 0.15) is 143 Å². The maximum Gasteiger partial charge on any atom is 0.0635 e. The Labute approximate surface area is 189 Å². The average Bonchev–Trinajstić information content (AvgIpc) is 3.41. The van der Waals surface area contributed by atoms with E-state index in [4.69, 9.17) is 9.47 Å². The Morgan fingerprint density at radius 1 is 0.600 bits per heavy atom. The maximum atomic E-state index is 6.75. The monoisotopic (exact) mass is 422 g/mol. The van der Waals surface area contributed by atoms with Crippen molar-refractivity contribution in [3.8, 4) is 0 Å². The summed E-state index contributed by atoms with van der Waals surface area (Å²) in [6.45, 7) is 9.33. The van der Waals surface area contributed by atoms with E-state index in [-0.39, 0.29) is 0 Å². The van der Waals surface area contributed by atoms with Crippen LogP contribution in [0.3, 0.4) is 0 Å². The van der Waals surface area contributed by atoms with E-state index in [0.29, 0.717) is 30.3 Å². The van der Waals surface area contributed by atoms with E-state index >= 15 is 0 Å². The first-order chi connectivity index (χ1) is 14.7. The Kier molecular flexibility index (Phi) is 13.7. The minimum Gasteiger partial charge on any atom is -0.375 e. The molecule has 0 spiro atoms. The second-order valence-electron chi connectivity index (χ2n) is 10.3. The van der Waals surface area contributed by atoms with Crippen molar-refractivity contribution in [1.82, 2.24) is 0 Å². The van der Waals surface area contributed by atoms with Gasteiger partial charge in [0.25, 0.3) is 0 Å². The summed E-state index contributed by atoms with van der Waals surface area (Å²) in [5, 5.41) is 0. The molecule has 0 radical (unpaired) electrons. The molecule has 5 atom stereocenters. The van der Waals surface area contributed by atoms with Gasteiger partial charge in [0.05, 0.1) is 24.4 Å². The molecule has 2 saturated heterocycles. The molecule has 2 heteroatoms. The summed E-state index contributed by atoms with van der Waals surface area (Å²) < 4.78 is 13.5. The highest BCUT2D eigenvalue weighted by molar-refractivity contribution is 4.91. The molecule has 0 saturated carbocycles. The van der Waals surface area contributed by atoms with E-state index in [1.807, 2.05) is 0 Å². The first-order valence-electron chi connectivity index (χ1n) is 14.0. The van der Waals surface area contributed by atoms with E-state index < -0.39 is 0 Å². The first-order valence-corrected chi connectivity index (χ1v) is 14.0. The van der Waals surface area contributed by atoms with Crippen LogP contribution in [-0.4, -0.2) is 24.4 Å².